The lowest BCUT2D eigenvalue weighted by molar-refractivity contribution is -0.154. The molecular weight excluding hydrogens is 439 g/mol. The number of hydrogen-bond donors (Lipinski definition) is 1. The van der Waals surface area contributed by atoms with Gasteiger partial charge in [-0.2, -0.15) is 4.39 Å². The van der Waals surface area contributed by atoms with Crippen molar-refractivity contribution >= 4 is 40.5 Å². The van der Waals surface area contributed by atoms with Crippen LogP contribution in [0.2, 0.25) is 0 Å². The third-order valence-corrected chi connectivity index (χ3v) is 3.08. The Morgan fingerprint density at radius 1 is 0.967 bits per heavy atom. The first-order chi connectivity index (χ1) is 14.0. The van der Waals surface area contributed by atoms with Gasteiger partial charge in [-0.25, -0.2) is 18.4 Å². The summed E-state index contributed by atoms with van der Waals surface area (Å²) in [7, 11) is 0.901. The lowest BCUT2D eigenvalue weighted by atomic mass is 10.1. The summed E-state index contributed by atoms with van der Waals surface area (Å²) in [5, 5.41) is 0.801. The number of carbonyl (C=O) groups is 5. The fourth-order valence-electron chi connectivity index (χ4n) is 1.68. The molecule has 1 aromatic rings. The van der Waals surface area contributed by atoms with Crippen LogP contribution in [0, 0.1) is 17.5 Å². The highest BCUT2D eigenvalue weighted by molar-refractivity contribution is 6.80. The zero-order valence-corrected chi connectivity index (χ0v) is 16.7. The number of nitrogens with one attached hydrogen (secondary N) is 1. The number of rotatable bonds is 7. The first kappa shape index (κ1) is 26.9. The number of amides is 1. The first-order valence-electron chi connectivity index (χ1n) is 8.07. The molecule has 0 saturated carbocycles. The second-order valence-electron chi connectivity index (χ2n) is 4.89. The fraction of sp³-hybridized carbons (Fsp3) is 0.353. The van der Waals surface area contributed by atoms with Crippen molar-refractivity contribution in [3.05, 3.63) is 29.1 Å². The van der Waals surface area contributed by atoms with E-state index in [9.17, 15) is 37.1 Å². The maximum atomic E-state index is 13.8. The molecule has 0 aliphatic heterocycles. The van der Waals surface area contributed by atoms with Gasteiger partial charge >= 0.3 is 23.1 Å². The largest absolute Gasteiger partial charge is 0.491 e. The Morgan fingerprint density at radius 2 is 1.50 bits per heavy atom. The molecule has 0 spiro atoms. The standard InChI is InChI=1S/C13H12F3NO5.C4H5ClO3/c1-3-22-13(20)12(19)17-5-8(18)6-4-7(14)10(16)11(21-2)9(6)15;1-2-8-4(7)3(5)6/h4H,3,5H2,1-2H3,(H,17,19);2H2,1H3. The predicted octanol–water partition coefficient (Wildman–Crippen LogP) is 1.29. The van der Waals surface area contributed by atoms with Gasteiger partial charge in [-0.15, -0.1) is 0 Å². The topological polar surface area (TPSA) is 125 Å². The highest BCUT2D eigenvalue weighted by atomic mass is 35.5. The van der Waals surface area contributed by atoms with Crippen molar-refractivity contribution < 1.29 is 51.4 Å². The maximum Gasteiger partial charge on any atom is 0.396 e. The van der Waals surface area contributed by atoms with Crippen LogP contribution in [0.5, 0.6) is 5.75 Å². The summed E-state index contributed by atoms with van der Waals surface area (Å²) in [4.78, 5) is 53.8. The summed E-state index contributed by atoms with van der Waals surface area (Å²) in [6.45, 7) is 2.40. The van der Waals surface area contributed by atoms with E-state index in [4.69, 9.17) is 11.6 Å². The van der Waals surface area contributed by atoms with Gasteiger partial charge in [0.1, 0.15) is 0 Å². The Kier molecular flexibility index (Phi) is 11.8. The molecule has 0 aliphatic carbocycles. The minimum absolute atomic E-state index is 0.0464. The van der Waals surface area contributed by atoms with E-state index in [0.29, 0.717) is 6.07 Å². The summed E-state index contributed by atoms with van der Waals surface area (Å²) >= 11 is 4.69. The van der Waals surface area contributed by atoms with Crippen LogP contribution in [-0.2, 0) is 28.7 Å². The van der Waals surface area contributed by atoms with Gasteiger partial charge in [0.05, 0.1) is 32.4 Å². The normalized spacial score (nSPS) is 9.57. The molecule has 0 aliphatic rings. The molecule has 1 N–H and O–H groups in total. The zero-order valence-electron chi connectivity index (χ0n) is 16.0. The molecular formula is C17H17ClF3NO8. The molecule has 30 heavy (non-hydrogen) atoms. The van der Waals surface area contributed by atoms with Gasteiger partial charge in [0.15, 0.2) is 23.2 Å². The maximum absolute atomic E-state index is 13.8. The molecule has 9 nitrogen and oxygen atoms in total. The van der Waals surface area contributed by atoms with Crippen LogP contribution in [-0.4, -0.2) is 55.7 Å². The van der Waals surface area contributed by atoms with E-state index in [1.54, 1.807) is 6.92 Å². The molecule has 0 bridgehead atoms. The van der Waals surface area contributed by atoms with Gasteiger partial charge in [-0.1, -0.05) is 0 Å². The number of methoxy groups -OCH3 is 1. The third kappa shape index (κ3) is 8.07. The van der Waals surface area contributed by atoms with Crippen LogP contribution in [0.25, 0.3) is 0 Å². The monoisotopic (exact) mass is 455 g/mol. The van der Waals surface area contributed by atoms with Crippen molar-refractivity contribution in [1.29, 1.82) is 0 Å². The van der Waals surface area contributed by atoms with Gasteiger partial charge < -0.3 is 19.5 Å². The summed E-state index contributed by atoms with van der Waals surface area (Å²) < 4.78 is 53.2. The lowest BCUT2D eigenvalue weighted by Gasteiger charge is -2.09. The van der Waals surface area contributed by atoms with Crippen molar-refractivity contribution in [1.82, 2.24) is 5.32 Å². The molecule has 0 fully saturated rings. The van der Waals surface area contributed by atoms with E-state index < -0.39 is 64.2 Å². The van der Waals surface area contributed by atoms with Crippen LogP contribution < -0.4 is 10.1 Å². The highest BCUT2D eigenvalue weighted by Gasteiger charge is 2.24. The van der Waals surface area contributed by atoms with Crippen LogP contribution in [0.1, 0.15) is 24.2 Å². The molecule has 0 heterocycles. The quantitative estimate of drug-likeness (QED) is 0.214. The van der Waals surface area contributed by atoms with Crippen LogP contribution in [0.3, 0.4) is 0 Å². The molecule has 0 aromatic heterocycles. The van der Waals surface area contributed by atoms with Crippen LogP contribution in [0.4, 0.5) is 13.2 Å². The van der Waals surface area contributed by atoms with Gasteiger partial charge in [0.25, 0.3) is 0 Å². The molecule has 0 unspecified atom stereocenters. The summed E-state index contributed by atoms with van der Waals surface area (Å²) in [6.07, 6.45) is 0. The second kappa shape index (κ2) is 13.1. The van der Waals surface area contributed by atoms with E-state index in [0.717, 1.165) is 7.11 Å². The Hall–Kier alpha value is -3.15. The molecule has 13 heteroatoms. The van der Waals surface area contributed by atoms with E-state index in [1.807, 2.05) is 5.32 Å². The Bertz CT molecular complexity index is 832. The van der Waals surface area contributed by atoms with Gasteiger partial charge in [-0.3, -0.25) is 14.4 Å². The smallest absolute Gasteiger partial charge is 0.396 e. The predicted molar refractivity (Wildman–Crippen MR) is 94.3 cm³/mol. The fourth-order valence-corrected chi connectivity index (χ4v) is 1.73. The van der Waals surface area contributed by atoms with Crippen LogP contribution in [0.15, 0.2) is 6.07 Å². The van der Waals surface area contributed by atoms with Crippen molar-refractivity contribution in [3.8, 4) is 5.75 Å². The Balaban J connectivity index is 0.000000890. The Labute approximate surface area is 173 Å². The minimum atomic E-state index is -1.58. The van der Waals surface area contributed by atoms with Crippen molar-refractivity contribution in [3.63, 3.8) is 0 Å². The number of halogens is 4. The number of Topliss-reactive ketones (excluding diaryl/α,β-unsaturated/α-hetero) is 1. The molecule has 1 aromatic carbocycles. The lowest BCUT2D eigenvalue weighted by Crippen LogP contribution is -2.36. The van der Waals surface area contributed by atoms with Gasteiger partial charge in [-0.05, 0) is 31.5 Å². The summed E-state index contributed by atoms with van der Waals surface area (Å²) in [5.74, 6) is -10.0. The van der Waals surface area contributed by atoms with Gasteiger partial charge in [0.2, 0.25) is 5.82 Å². The van der Waals surface area contributed by atoms with Gasteiger partial charge in [0, 0.05) is 0 Å². The molecule has 0 atom stereocenters. The summed E-state index contributed by atoms with van der Waals surface area (Å²) in [6, 6.07) is 0.339. The average Bonchev–Trinajstić information content (AvgIpc) is 2.69. The Morgan fingerprint density at radius 3 is 1.93 bits per heavy atom. The highest BCUT2D eigenvalue weighted by Crippen LogP contribution is 2.27. The van der Waals surface area contributed by atoms with Crippen molar-refractivity contribution in [2.75, 3.05) is 26.9 Å². The number of ether oxygens (including phenoxy) is 3. The molecule has 0 radical (unpaired) electrons. The second-order valence-corrected chi connectivity index (χ2v) is 5.23. The molecule has 166 valence electrons. The number of esters is 2. The van der Waals surface area contributed by atoms with Crippen molar-refractivity contribution in [2.45, 2.75) is 13.8 Å². The number of carbonyl (C=O) groups excluding carboxylic acids is 5. The zero-order chi connectivity index (χ0) is 23.4. The van der Waals surface area contributed by atoms with Crippen LogP contribution >= 0.6 is 11.6 Å². The number of ketones is 1. The first-order valence-corrected chi connectivity index (χ1v) is 8.45. The summed E-state index contributed by atoms with van der Waals surface area (Å²) in [5.41, 5.74) is -0.820. The molecule has 1 amide bonds. The third-order valence-electron chi connectivity index (χ3n) is 2.93. The van der Waals surface area contributed by atoms with E-state index in [1.165, 1.54) is 6.92 Å². The SMILES string of the molecule is CCOC(=O)C(=O)Cl.CCOC(=O)C(=O)NCC(=O)c1cc(F)c(F)c(OC)c1F. The van der Waals surface area contributed by atoms with Crippen molar-refractivity contribution in [2.24, 2.45) is 0 Å². The van der Waals surface area contributed by atoms with E-state index in [-0.39, 0.29) is 13.2 Å². The molecule has 1 rings (SSSR count). The van der Waals surface area contributed by atoms with E-state index in [2.05, 4.69) is 14.2 Å². The minimum Gasteiger partial charge on any atom is -0.491 e. The number of hydrogen-bond acceptors (Lipinski definition) is 8. The molecule has 0 saturated heterocycles. The van der Waals surface area contributed by atoms with E-state index >= 15 is 0 Å². The average molecular weight is 456 g/mol. The number of benzene rings is 1.